The Kier molecular flexibility index (Phi) is 15.4. The number of ether oxygens (including phenoxy) is 3. The highest BCUT2D eigenvalue weighted by Crippen LogP contribution is 2.46. The normalized spacial score (nSPS) is 19.8. The van der Waals surface area contributed by atoms with Crippen molar-refractivity contribution in [3.8, 4) is 5.75 Å². The summed E-state index contributed by atoms with van der Waals surface area (Å²) in [5.41, 5.74) is 0.581. The number of benzene rings is 3. The predicted molar refractivity (Wildman–Crippen MR) is 253 cm³/mol. The number of carbonyl (C=O) groups is 1. The van der Waals surface area contributed by atoms with Crippen LogP contribution in [0.5, 0.6) is 5.75 Å². The van der Waals surface area contributed by atoms with Crippen LogP contribution in [0, 0.1) is 0 Å². The minimum Gasteiger partial charge on any atom is -0.497 e. The molecule has 2 heterocycles. The summed E-state index contributed by atoms with van der Waals surface area (Å²) in [5, 5.41) is 12.6. The van der Waals surface area contributed by atoms with Crippen molar-refractivity contribution in [1.29, 1.82) is 0 Å². The molecule has 1 aromatic heterocycles. The topological polar surface area (TPSA) is 131 Å². The molecule has 3 aromatic carbocycles. The summed E-state index contributed by atoms with van der Waals surface area (Å²) in [4.78, 5) is 45.0. The minimum atomic E-state index is -2.73. The van der Waals surface area contributed by atoms with Gasteiger partial charge in [0.2, 0.25) is 0 Å². The minimum absolute atomic E-state index is 0.00637. The van der Waals surface area contributed by atoms with E-state index in [1.807, 2.05) is 65.6 Å². The molecule has 4 aromatic rings. The lowest BCUT2D eigenvalue weighted by molar-refractivity contribution is -0.175. The molecule has 0 spiro atoms. The smallest absolute Gasteiger partial charge is 0.333 e. The maximum atomic E-state index is 14.8. The lowest BCUT2D eigenvalue weighted by Crippen LogP contribution is -2.59. The van der Waals surface area contributed by atoms with E-state index in [2.05, 4.69) is 67.7 Å². The lowest BCUT2D eigenvalue weighted by Gasteiger charge is -2.45. The highest BCUT2D eigenvalue weighted by Gasteiger charge is 2.58. The van der Waals surface area contributed by atoms with E-state index in [1.165, 1.54) is 16.8 Å². The molecular weight excluding hydrogens is 831 g/mol. The van der Waals surface area contributed by atoms with E-state index < -0.39 is 76.1 Å². The van der Waals surface area contributed by atoms with Crippen LogP contribution in [-0.4, -0.2) is 84.9 Å². The van der Waals surface area contributed by atoms with Crippen molar-refractivity contribution in [1.82, 2.24) is 14.0 Å². The molecule has 0 amide bonds. The molecule has 1 aliphatic heterocycles. The summed E-state index contributed by atoms with van der Waals surface area (Å²) >= 11 is 0. The average molecular weight is 902 g/mol. The van der Waals surface area contributed by atoms with Crippen LogP contribution >= 0.6 is 0 Å². The quantitative estimate of drug-likeness (QED) is 0.0863. The first kappa shape index (κ1) is 49.9. The molecule has 0 radical (unpaired) electrons. The second-order valence-corrected chi connectivity index (χ2v) is 30.3. The van der Waals surface area contributed by atoms with Crippen molar-refractivity contribution < 1.29 is 33.0 Å². The molecule has 14 heteroatoms. The van der Waals surface area contributed by atoms with E-state index in [1.54, 1.807) is 52.1 Å². The van der Waals surface area contributed by atoms with Gasteiger partial charge in [-0.3, -0.25) is 23.6 Å². The van der Waals surface area contributed by atoms with Crippen LogP contribution in [0.1, 0.15) is 85.2 Å². The highest BCUT2D eigenvalue weighted by molar-refractivity contribution is 6.74. The van der Waals surface area contributed by atoms with Gasteiger partial charge in [0, 0.05) is 25.4 Å². The average Bonchev–Trinajstić information content (AvgIpc) is 3.51. The van der Waals surface area contributed by atoms with E-state index in [0.29, 0.717) is 18.8 Å². The van der Waals surface area contributed by atoms with Gasteiger partial charge in [-0.25, -0.2) is 4.79 Å². The molecule has 0 saturated carbocycles. The summed E-state index contributed by atoms with van der Waals surface area (Å²) in [6, 6.07) is 26.8. The van der Waals surface area contributed by atoms with Crippen LogP contribution in [0.25, 0.3) is 0 Å². The van der Waals surface area contributed by atoms with Crippen LogP contribution in [-0.2, 0) is 42.8 Å². The maximum Gasteiger partial charge on any atom is 0.333 e. The molecule has 1 aliphatic rings. The number of rotatable bonds is 16. The molecule has 0 bridgehead atoms. The first-order chi connectivity index (χ1) is 29.2. The predicted octanol–water partition coefficient (Wildman–Crippen LogP) is 8.52. The number of carbonyl (C=O) groups excluding carboxylic acids is 1. The molecular formula is C49H71N3O9Si2. The Morgan fingerprint density at radius 2 is 1.22 bits per heavy atom. The van der Waals surface area contributed by atoms with Crippen molar-refractivity contribution in [2.75, 3.05) is 7.11 Å². The number of hydrogen-bond acceptors (Lipinski definition) is 10. The standard InChI is InChI=1S/C49H71N3O9Si2/c1-47(2,3)59-45(55)39(50(31-34-21-17-15-18-22-34)32-35-23-19-16-20-24-35)40(54)41-42(60-62(11,12)48(4,5)6)43(61-63(13,14)49(7,8)9)44(58-41)51-30-29-38(53)52(46(51)56)33-36-25-27-37(57-10)28-26-36/h15-30,39-44,54H,31-33H2,1-14H3. The zero-order valence-electron chi connectivity index (χ0n) is 39.9. The van der Waals surface area contributed by atoms with Gasteiger partial charge >= 0.3 is 11.7 Å². The van der Waals surface area contributed by atoms with Gasteiger partial charge in [0.05, 0.1) is 13.7 Å². The third-order valence-corrected chi connectivity index (χ3v) is 21.7. The third-order valence-electron chi connectivity index (χ3n) is 12.7. The number of esters is 1. The van der Waals surface area contributed by atoms with Crippen molar-refractivity contribution in [3.05, 3.63) is 135 Å². The van der Waals surface area contributed by atoms with Crippen LogP contribution in [0.4, 0.5) is 0 Å². The molecule has 12 nitrogen and oxygen atoms in total. The first-order valence-corrected chi connectivity index (χ1v) is 27.7. The fourth-order valence-electron chi connectivity index (χ4n) is 7.18. The Labute approximate surface area is 376 Å². The SMILES string of the molecule is COc1ccc(Cn2c(=O)ccn(C3OC(C(O)C(C(=O)OC(C)(C)C)N(Cc4ccccc4)Cc4ccccc4)C(O[Si](C)(C)C(C)(C)C)C3O[Si](C)(C)C(C)(C)C)c2=O)cc1. The van der Waals surface area contributed by atoms with E-state index in [0.717, 1.165) is 21.3 Å². The number of aromatic nitrogens is 2. The fourth-order valence-corrected chi connectivity index (χ4v) is 9.76. The van der Waals surface area contributed by atoms with Crippen molar-refractivity contribution in [3.63, 3.8) is 0 Å². The van der Waals surface area contributed by atoms with Gasteiger partial charge in [0.15, 0.2) is 22.9 Å². The van der Waals surface area contributed by atoms with E-state index in [9.17, 15) is 19.5 Å². The summed E-state index contributed by atoms with van der Waals surface area (Å²) in [5.74, 6) is 0.0155. The van der Waals surface area contributed by atoms with Crippen LogP contribution in [0.3, 0.4) is 0 Å². The van der Waals surface area contributed by atoms with Crippen LogP contribution in [0.15, 0.2) is 107 Å². The Hall–Kier alpha value is -4.16. The molecule has 5 rings (SSSR count). The van der Waals surface area contributed by atoms with Gasteiger partial charge in [-0.1, -0.05) is 114 Å². The largest absolute Gasteiger partial charge is 0.497 e. The number of nitrogens with zero attached hydrogens (tertiary/aromatic N) is 3. The van der Waals surface area contributed by atoms with E-state index >= 15 is 0 Å². The van der Waals surface area contributed by atoms with E-state index in [-0.39, 0.29) is 16.6 Å². The second-order valence-electron chi connectivity index (χ2n) is 20.8. The van der Waals surface area contributed by atoms with Gasteiger partial charge in [-0.05, 0) is 85.9 Å². The summed E-state index contributed by atoms with van der Waals surface area (Å²) in [6.45, 7) is 27.2. The third kappa shape index (κ3) is 12.2. The first-order valence-electron chi connectivity index (χ1n) is 21.9. The summed E-state index contributed by atoms with van der Waals surface area (Å²) in [6.07, 6.45) is -4.41. The number of aliphatic hydroxyl groups excluding tert-OH is 1. The van der Waals surface area contributed by atoms with Gasteiger partial charge < -0.3 is 28.2 Å². The fraction of sp³-hybridized carbons (Fsp3) is 0.531. The second kappa shape index (κ2) is 19.5. The lowest BCUT2D eigenvalue weighted by atomic mass is 9.97. The number of hydrogen-bond donors (Lipinski definition) is 1. The number of aliphatic hydroxyl groups is 1. The molecule has 344 valence electrons. The van der Waals surface area contributed by atoms with Crippen LogP contribution < -0.4 is 16.0 Å². The van der Waals surface area contributed by atoms with Gasteiger partial charge in [-0.2, -0.15) is 0 Å². The van der Waals surface area contributed by atoms with Gasteiger partial charge in [0.1, 0.15) is 41.8 Å². The molecule has 6 atom stereocenters. The molecule has 0 aliphatic carbocycles. The summed E-state index contributed by atoms with van der Waals surface area (Å²) in [7, 11) is -3.87. The van der Waals surface area contributed by atoms with Gasteiger partial charge in [-0.15, -0.1) is 0 Å². The molecule has 6 unspecified atom stereocenters. The van der Waals surface area contributed by atoms with Crippen LogP contribution in [0.2, 0.25) is 36.3 Å². The maximum absolute atomic E-state index is 14.8. The van der Waals surface area contributed by atoms with Gasteiger partial charge in [0.25, 0.3) is 5.56 Å². The Morgan fingerprint density at radius 1 is 0.730 bits per heavy atom. The molecule has 1 saturated heterocycles. The Morgan fingerprint density at radius 3 is 1.68 bits per heavy atom. The molecule has 63 heavy (non-hydrogen) atoms. The zero-order chi connectivity index (χ0) is 46.7. The Bertz CT molecular complexity index is 2200. The summed E-state index contributed by atoms with van der Waals surface area (Å²) < 4.78 is 35.8. The highest BCUT2D eigenvalue weighted by atomic mass is 28.4. The van der Waals surface area contributed by atoms with Crippen molar-refractivity contribution in [2.24, 2.45) is 0 Å². The zero-order valence-corrected chi connectivity index (χ0v) is 41.9. The number of methoxy groups -OCH3 is 1. The van der Waals surface area contributed by atoms with E-state index in [4.69, 9.17) is 23.1 Å². The van der Waals surface area contributed by atoms with Crippen molar-refractivity contribution >= 4 is 22.6 Å². The molecule has 1 N–H and O–H groups in total. The monoisotopic (exact) mass is 901 g/mol. The molecule has 1 fully saturated rings. The van der Waals surface area contributed by atoms with Crippen molar-refractivity contribution in [2.45, 2.75) is 160 Å². The Balaban J connectivity index is 1.74.